The van der Waals surface area contributed by atoms with Crippen LogP contribution in [0.4, 0.5) is 11.8 Å². The first kappa shape index (κ1) is 19.0. The monoisotopic (exact) mass is 383 g/mol. The van der Waals surface area contributed by atoms with E-state index in [0.717, 1.165) is 77.9 Å². The van der Waals surface area contributed by atoms with Gasteiger partial charge in [-0.3, -0.25) is 9.80 Å². The molecule has 0 spiro atoms. The lowest BCUT2D eigenvalue weighted by Gasteiger charge is -2.35. The zero-order chi connectivity index (χ0) is 19.0. The maximum absolute atomic E-state index is 5.38. The van der Waals surface area contributed by atoms with E-state index in [4.69, 9.17) is 4.74 Å². The summed E-state index contributed by atoms with van der Waals surface area (Å²) >= 11 is 0. The number of nitrogens with one attached hydrogen (secondary N) is 1. The summed E-state index contributed by atoms with van der Waals surface area (Å²) < 4.78 is 5.38. The van der Waals surface area contributed by atoms with Crippen molar-refractivity contribution in [2.75, 3.05) is 75.8 Å². The van der Waals surface area contributed by atoms with Crippen molar-refractivity contribution in [1.29, 1.82) is 0 Å². The molecule has 1 N–H and O–H groups in total. The summed E-state index contributed by atoms with van der Waals surface area (Å²) in [6, 6.07) is 10.7. The molecule has 28 heavy (non-hydrogen) atoms. The quantitative estimate of drug-likeness (QED) is 0.758. The van der Waals surface area contributed by atoms with Crippen molar-refractivity contribution in [3.8, 4) is 0 Å². The molecule has 4 rings (SSSR count). The average Bonchev–Trinajstić information content (AvgIpc) is 2.76. The van der Waals surface area contributed by atoms with Crippen LogP contribution in [0.5, 0.6) is 0 Å². The summed E-state index contributed by atoms with van der Waals surface area (Å²) in [5, 5.41) is 11.6. The Kier molecular flexibility index (Phi) is 6.64. The highest BCUT2D eigenvalue weighted by Gasteiger charge is 2.19. The lowest BCUT2D eigenvalue weighted by Crippen LogP contribution is -2.46. The zero-order valence-electron chi connectivity index (χ0n) is 16.3. The fourth-order valence-corrected chi connectivity index (χ4v) is 3.65. The maximum atomic E-state index is 5.38. The van der Waals surface area contributed by atoms with Crippen LogP contribution in [0, 0.1) is 0 Å². The minimum Gasteiger partial charge on any atom is -0.379 e. The molecule has 3 heterocycles. The number of anilines is 2. The average molecular weight is 384 g/mol. The summed E-state index contributed by atoms with van der Waals surface area (Å²) in [5.74, 6) is 1.51. The number of piperazine rings is 1. The molecule has 2 fully saturated rings. The summed E-state index contributed by atoms with van der Waals surface area (Å²) in [5.41, 5.74) is 1.37. The second-order valence-electron chi connectivity index (χ2n) is 7.27. The molecule has 0 unspecified atom stereocenters. The molecule has 8 nitrogen and oxygen atoms in total. The molecule has 8 heteroatoms. The van der Waals surface area contributed by atoms with Crippen molar-refractivity contribution in [2.45, 2.75) is 6.54 Å². The smallest absolute Gasteiger partial charge is 0.244 e. The lowest BCUT2D eigenvalue weighted by molar-refractivity contribution is 0.0398. The van der Waals surface area contributed by atoms with E-state index in [1.54, 1.807) is 6.20 Å². The number of hydrogen-bond acceptors (Lipinski definition) is 8. The van der Waals surface area contributed by atoms with Crippen LogP contribution >= 0.6 is 0 Å². The van der Waals surface area contributed by atoms with Crippen LogP contribution in [0.15, 0.2) is 36.5 Å². The van der Waals surface area contributed by atoms with Gasteiger partial charge < -0.3 is 15.0 Å². The Morgan fingerprint density at radius 1 is 0.929 bits per heavy atom. The van der Waals surface area contributed by atoms with Gasteiger partial charge in [0.05, 0.1) is 19.4 Å². The van der Waals surface area contributed by atoms with Gasteiger partial charge in [0.2, 0.25) is 5.95 Å². The van der Waals surface area contributed by atoms with Crippen molar-refractivity contribution < 1.29 is 4.74 Å². The van der Waals surface area contributed by atoms with E-state index in [1.807, 2.05) is 0 Å². The highest BCUT2D eigenvalue weighted by atomic mass is 16.5. The van der Waals surface area contributed by atoms with Crippen LogP contribution in [0.25, 0.3) is 0 Å². The van der Waals surface area contributed by atoms with Crippen molar-refractivity contribution in [1.82, 2.24) is 25.0 Å². The van der Waals surface area contributed by atoms with E-state index in [0.29, 0.717) is 5.95 Å². The Labute approximate surface area is 166 Å². The first-order chi connectivity index (χ1) is 13.9. The van der Waals surface area contributed by atoms with E-state index in [-0.39, 0.29) is 0 Å². The van der Waals surface area contributed by atoms with E-state index in [2.05, 4.69) is 65.5 Å². The molecule has 0 aliphatic carbocycles. The van der Waals surface area contributed by atoms with Gasteiger partial charge in [-0.05, 0) is 5.56 Å². The Hall–Kier alpha value is -2.29. The van der Waals surface area contributed by atoms with Crippen molar-refractivity contribution in [3.05, 3.63) is 42.1 Å². The number of ether oxygens (including phenoxy) is 1. The molecule has 0 amide bonds. The molecule has 1 aromatic carbocycles. The van der Waals surface area contributed by atoms with E-state index in [1.165, 1.54) is 5.56 Å². The fourth-order valence-electron chi connectivity index (χ4n) is 3.65. The van der Waals surface area contributed by atoms with Gasteiger partial charge in [0.25, 0.3) is 0 Å². The van der Waals surface area contributed by atoms with Gasteiger partial charge in [-0.15, -0.1) is 5.10 Å². The largest absolute Gasteiger partial charge is 0.379 e. The van der Waals surface area contributed by atoms with E-state index >= 15 is 0 Å². The first-order valence-electron chi connectivity index (χ1n) is 10.1. The highest BCUT2D eigenvalue weighted by molar-refractivity contribution is 5.40. The summed E-state index contributed by atoms with van der Waals surface area (Å²) in [6.07, 6.45) is 1.76. The van der Waals surface area contributed by atoms with E-state index in [9.17, 15) is 0 Å². The molecule has 0 radical (unpaired) electrons. The Morgan fingerprint density at radius 3 is 2.50 bits per heavy atom. The molecular formula is C20H29N7O. The molecule has 0 atom stereocenters. The predicted molar refractivity (Wildman–Crippen MR) is 110 cm³/mol. The van der Waals surface area contributed by atoms with Crippen LogP contribution in [-0.2, 0) is 11.3 Å². The molecule has 2 saturated heterocycles. The molecule has 0 saturated carbocycles. The van der Waals surface area contributed by atoms with Gasteiger partial charge >= 0.3 is 0 Å². The number of aromatic nitrogens is 3. The lowest BCUT2D eigenvalue weighted by atomic mass is 10.2. The SMILES string of the molecule is c1ccc(CN2CCN(c3cnnc(NCCN4CCOCC4)n3)CC2)cc1. The Balaban J connectivity index is 1.24. The van der Waals surface area contributed by atoms with Crippen LogP contribution in [0.2, 0.25) is 0 Å². The van der Waals surface area contributed by atoms with Gasteiger partial charge in [0.15, 0.2) is 5.82 Å². The molecule has 2 aliphatic heterocycles. The van der Waals surface area contributed by atoms with Gasteiger partial charge in [-0.25, -0.2) is 0 Å². The second kappa shape index (κ2) is 9.77. The first-order valence-corrected chi connectivity index (χ1v) is 10.1. The van der Waals surface area contributed by atoms with Gasteiger partial charge in [-0.1, -0.05) is 30.3 Å². The standard InChI is InChI=1S/C20H29N7O/c1-2-4-18(5-3-1)17-26-8-10-27(11-9-26)19-16-22-24-20(23-19)21-6-7-25-12-14-28-15-13-25/h1-5,16H,6-15,17H2,(H,21,23,24). The van der Waals surface area contributed by atoms with Crippen LogP contribution in [-0.4, -0.2) is 90.6 Å². The van der Waals surface area contributed by atoms with Gasteiger partial charge in [0, 0.05) is 58.9 Å². The predicted octanol–water partition coefficient (Wildman–Crippen LogP) is 0.938. The maximum Gasteiger partial charge on any atom is 0.244 e. The Bertz CT molecular complexity index is 716. The zero-order valence-corrected chi connectivity index (χ0v) is 16.3. The third-order valence-electron chi connectivity index (χ3n) is 5.31. The van der Waals surface area contributed by atoms with Crippen LogP contribution in [0.1, 0.15) is 5.56 Å². The van der Waals surface area contributed by atoms with Crippen molar-refractivity contribution in [2.24, 2.45) is 0 Å². The Morgan fingerprint density at radius 2 is 1.71 bits per heavy atom. The minimum atomic E-state index is 0.609. The number of benzene rings is 1. The minimum absolute atomic E-state index is 0.609. The second-order valence-corrected chi connectivity index (χ2v) is 7.27. The van der Waals surface area contributed by atoms with Crippen LogP contribution < -0.4 is 10.2 Å². The topological polar surface area (TPSA) is 69.7 Å². The molecule has 2 aromatic rings. The van der Waals surface area contributed by atoms with Crippen LogP contribution in [0.3, 0.4) is 0 Å². The van der Waals surface area contributed by atoms with Crippen molar-refractivity contribution in [3.63, 3.8) is 0 Å². The molecule has 2 aliphatic rings. The third kappa shape index (κ3) is 5.37. The molecule has 0 bridgehead atoms. The number of morpholine rings is 1. The van der Waals surface area contributed by atoms with Crippen molar-refractivity contribution >= 4 is 11.8 Å². The molecular weight excluding hydrogens is 354 g/mol. The molecule has 1 aromatic heterocycles. The van der Waals surface area contributed by atoms with E-state index < -0.39 is 0 Å². The normalized spacial score (nSPS) is 18.9. The number of nitrogens with zero attached hydrogens (tertiary/aromatic N) is 6. The number of hydrogen-bond donors (Lipinski definition) is 1. The third-order valence-corrected chi connectivity index (χ3v) is 5.31. The molecule has 150 valence electrons. The fraction of sp³-hybridized carbons (Fsp3) is 0.550. The van der Waals surface area contributed by atoms with Gasteiger partial charge in [-0.2, -0.15) is 10.1 Å². The summed E-state index contributed by atoms with van der Waals surface area (Å²) in [6.45, 7) is 10.4. The van der Waals surface area contributed by atoms with Gasteiger partial charge in [0.1, 0.15) is 0 Å². The summed E-state index contributed by atoms with van der Waals surface area (Å²) in [4.78, 5) is 11.8. The summed E-state index contributed by atoms with van der Waals surface area (Å²) in [7, 11) is 0. The highest BCUT2D eigenvalue weighted by Crippen LogP contribution is 2.15. The number of rotatable bonds is 7.